The third-order valence-corrected chi connectivity index (χ3v) is 2.90. The van der Waals surface area contributed by atoms with Crippen molar-refractivity contribution in [3.05, 3.63) is 35.4 Å². The lowest BCUT2D eigenvalue weighted by Crippen LogP contribution is -2.39. The van der Waals surface area contributed by atoms with Crippen molar-refractivity contribution in [2.45, 2.75) is 32.1 Å². The van der Waals surface area contributed by atoms with Crippen LogP contribution in [0.3, 0.4) is 0 Å². The summed E-state index contributed by atoms with van der Waals surface area (Å²) < 4.78 is 74.7. The summed E-state index contributed by atoms with van der Waals surface area (Å²) >= 11 is 0. The van der Waals surface area contributed by atoms with Gasteiger partial charge in [-0.3, -0.25) is 4.79 Å². The summed E-state index contributed by atoms with van der Waals surface area (Å²) in [5.41, 5.74) is -1.16. The molecule has 0 N–H and O–H groups in total. The van der Waals surface area contributed by atoms with Crippen LogP contribution in [0.2, 0.25) is 0 Å². The van der Waals surface area contributed by atoms with E-state index in [1.54, 1.807) is 6.92 Å². The van der Waals surface area contributed by atoms with Gasteiger partial charge in [0.25, 0.3) is 5.91 Å². The van der Waals surface area contributed by atoms with E-state index < -0.39 is 30.4 Å². The van der Waals surface area contributed by atoms with Crippen LogP contribution in [0.5, 0.6) is 0 Å². The molecule has 0 aliphatic heterocycles. The minimum Gasteiger partial charge on any atom is -0.330 e. The molecule has 8 heteroatoms. The first kappa shape index (κ1) is 18.3. The van der Waals surface area contributed by atoms with E-state index in [0.717, 1.165) is 12.1 Å². The molecule has 0 aliphatic rings. The number of alkyl halides is 6. The molecule has 0 spiro atoms. The number of rotatable bonds is 5. The number of hydrogen-bond acceptors (Lipinski definition) is 1. The summed E-state index contributed by atoms with van der Waals surface area (Å²) in [7, 11) is 0. The molecule has 0 radical (unpaired) electrons. The zero-order valence-electron chi connectivity index (χ0n) is 11.8. The molecule has 2 nitrogen and oxygen atoms in total. The van der Waals surface area contributed by atoms with Gasteiger partial charge in [0.2, 0.25) is 0 Å². The molecule has 0 unspecified atom stereocenters. The van der Waals surface area contributed by atoms with Crippen molar-refractivity contribution in [3.8, 4) is 0 Å². The summed E-state index contributed by atoms with van der Waals surface area (Å²) in [6, 6.07) is 3.14. The van der Waals surface area contributed by atoms with E-state index in [2.05, 4.69) is 0 Å². The van der Waals surface area contributed by atoms with Crippen LogP contribution in [0, 0.1) is 0 Å². The van der Waals surface area contributed by atoms with Gasteiger partial charge < -0.3 is 4.90 Å². The van der Waals surface area contributed by atoms with Gasteiger partial charge in [-0.15, -0.1) is 0 Å². The molecule has 0 aromatic heterocycles. The van der Waals surface area contributed by atoms with Crippen LogP contribution in [0.1, 0.15) is 35.7 Å². The van der Waals surface area contributed by atoms with Gasteiger partial charge in [0.15, 0.2) is 0 Å². The topological polar surface area (TPSA) is 20.3 Å². The standard InChI is InChI=1S/C14H15F6NO/c1-2-3-8-21(9-13(15,16)17)12(22)10-4-6-11(7-5-10)14(18,19)20/h4-7H,2-3,8-9H2,1H3. The largest absolute Gasteiger partial charge is 0.416 e. The van der Waals surface area contributed by atoms with Crippen LogP contribution in [0.15, 0.2) is 24.3 Å². The van der Waals surface area contributed by atoms with Crippen LogP contribution in [0.25, 0.3) is 0 Å². The van der Waals surface area contributed by atoms with Gasteiger partial charge in [-0.05, 0) is 30.7 Å². The number of benzene rings is 1. The number of hydrogen-bond donors (Lipinski definition) is 0. The summed E-state index contributed by atoms with van der Waals surface area (Å²) in [5.74, 6) is -0.931. The average molecular weight is 327 g/mol. The van der Waals surface area contributed by atoms with Crippen LogP contribution >= 0.6 is 0 Å². The van der Waals surface area contributed by atoms with Gasteiger partial charge in [-0.2, -0.15) is 26.3 Å². The number of nitrogens with zero attached hydrogens (tertiary/aromatic N) is 1. The molecule has 0 saturated carbocycles. The van der Waals surface area contributed by atoms with Crippen molar-refractivity contribution >= 4 is 5.91 Å². The van der Waals surface area contributed by atoms with E-state index in [1.807, 2.05) is 0 Å². The van der Waals surface area contributed by atoms with Gasteiger partial charge in [0.05, 0.1) is 5.56 Å². The van der Waals surface area contributed by atoms with Crippen molar-refractivity contribution in [1.29, 1.82) is 0 Å². The Bertz CT molecular complexity index is 492. The number of amides is 1. The quantitative estimate of drug-likeness (QED) is 0.729. The molecule has 1 aromatic rings. The van der Waals surface area contributed by atoms with Gasteiger partial charge in [-0.25, -0.2) is 0 Å². The lowest BCUT2D eigenvalue weighted by atomic mass is 10.1. The second-order valence-electron chi connectivity index (χ2n) is 4.77. The fraction of sp³-hybridized carbons (Fsp3) is 0.500. The molecule has 1 aromatic carbocycles. The van der Waals surface area contributed by atoms with Crippen LogP contribution in [-0.4, -0.2) is 30.1 Å². The predicted octanol–water partition coefficient (Wildman–Crippen LogP) is 4.51. The highest BCUT2D eigenvalue weighted by molar-refractivity contribution is 5.94. The third-order valence-electron chi connectivity index (χ3n) is 2.90. The first-order chi connectivity index (χ1) is 10.0. The maximum atomic E-state index is 12.5. The molecule has 0 aliphatic carbocycles. The highest BCUT2D eigenvalue weighted by Crippen LogP contribution is 2.29. The van der Waals surface area contributed by atoms with Gasteiger partial charge in [0, 0.05) is 12.1 Å². The second-order valence-corrected chi connectivity index (χ2v) is 4.77. The second kappa shape index (κ2) is 7.02. The first-order valence-electron chi connectivity index (χ1n) is 6.58. The fourth-order valence-corrected chi connectivity index (χ4v) is 1.80. The molecule has 1 rings (SSSR count). The molecular formula is C14H15F6NO. The Morgan fingerprint density at radius 2 is 1.59 bits per heavy atom. The lowest BCUT2D eigenvalue weighted by molar-refractivity contribution is -0.140. The first-order valence-corrected chi connectivity index (χ1v) is 6.58. The SMILES string of the molecule is CCCCN(CC(F)(F)F)C(=O)c1ccc(C(F)(F)F)cc1. The molecular weight excluding hydrogens is 312 g/mol. The Hall–Kier alpha value is -1.73. The Morgan fingerprint density at radius 1 is 1.05 bits per heavy atom. The van der Waals surface area contributed by atoms with E-state index in [0.29, 0.717) is 29.9 Å². The monoisotopic (exact) mass is 327 g/mol. The Balaban J connectivity index is 2.93. The molecule has 0 atom stereocenters. The van der Waals surface area contributed by atoms with E-state index in [1.165, 1.54) is 0 Å². The van der Waals surface area contributed by atoms with Crippen molar-refractivity contribution in [2.24, 2.45) is 0 Å². The molecule has 0 saturated heterocycles. The van der Waals surface area contributed by atoms with E-state index >= 15 is 0 Å². The number of halogens is 6. The minimum absolute atomic E-state index is 0.101. The summed E-state index contributed by atoms with van der Waals surface area (Å²) in [5, 5.41) is 0. The Labute approximate surface area is 123 Å². The van der Waals surface area contributed by atoms with E-state index in [9.17, 15) is 31.1 Å². The molecule has 0 bridgehead atoms. The van der Waals surface area contributed by atoms with Crippen LogP contribution in [-0.2, 0) is 6.18 Å². The summed E-state index contributed by atoms with van der Waals surface area (Å²) in [6.07, 6.45) is -8.15. The predicted molar refractivity (Wildman–Crippen MR) is 68.3 cm³/mol. The molecule has 0 heterocycles. The number of carbonyl (C=O) groups excluding carboxylic acids is 1. The van der Waals surface area contributed by atoms with E-state index in [4.69, 9.17) is 0 Å². The highest BCUT2D eigenvalue weighted by Gasteiger charge is 2.34. The van der Waals surface area contributed by atoms with E-state index in [-0.39, 0.29) is 12.1 Å². The maximum absolute atomic E-state index is 12.5. The summed E-state index contributed by atoms with van der Waals surface area (Å²) in [4.78, 5) is 12.6. The zero-order valence-corrected chi connectivity index (χ0v) is 11.8. The zero-order chi connectivity index (χ0) is 17.0. The smallest absolute Gasteiger partial charge is 0.330 e. The fourth-order valence-electron chi connectivity index (χ4n) is 1.80. The number of unbranched alkanes of at least 4 members (excludes halogenated alkanes) is 1. The lowest BCUT2D eigenvalue weighted by Gasteiger charge is -2.24. The minimum atomic E-state index is -4.56. The average Bonchev–Trinajstić information content (AvgIpc) is 2.40. The normalized spacial score (nSPS) is 12.3. The molecule has 22 heavy (non-hydrogen) atoms. The highest BCUT2D eigenvalue weighted by atomic mass is 19.4. The molecule has 124 valence electrons. The van der Waals surface area contributed by atoms with Crippen molar-refractivity contribution < 1.29 is 31.1 Å². The number of carbonyl (C=O) groups is 1. The Kier molecular flexibility index (Phi) is 5.85. The van der Waals surface area contributed by atoms with Crippen LogP contribution in [0.4, 0.5) is 26.3 Å². The van der Waals surface area contributed by atoms with Gasteiger partial charge in [0.1, 0.15) is 6.54 Å². The van der Waals surface area contributed by atoms with Crippen molar-refractivity contribution in [1.82, 2.24) is 4.90 Å². The summed E-state index contributed by atoms with van der Waals surface area (Å²) in [6.45, 7) is 0.233. The Morgan fingerprint density at radius 3 is 2.00 bits per heavy atom. The van der Waals surface area contributed by atoms with Crippen molar-refractivity contribution in [2.75, 3.05) is 13.1 Å². The van der Waals surface area contributed by atoms with Gasteiger partial charge in [-0.1, -0.05) is 13.3 Å². The third kappa shape index (κ3) is 5.57. The van der Waals surface area contributed by atoms with Crippen molar-refractivity contribution in [3.63, 3.8) is 0 Å². The van der Waals surface area contributed by atoms with Crippen LogP contribution < -0.4 is 0 Å². The van der Waals surface area contributed by atoms with Gasteiger partial charge >= 0.3 is 12.4 Å². The maximum Gasteiger partial charge on any atom is 0.416 e. The molecule has 0 fully saturated rings. The molecule has 1 amide bonds.